The summed E-state index contributed by atoms with van der Waals surface area (Å²) >= 11 is 0. The SMILES string of the molecule is CCCC(NC(=O)c1ccc(CN2CCN(C)CC2)o1)c1ccccc1.O=C(O)C(F)(F)F. The highest BCUT2D eigenvalue weighted by Gasteiger charge is 2.38. The number of carboxylic acids is 1. The van der Waals surface area contributed by atoms with E-state index in [2.05, 4.69) is 41.2 Å². The Morgan fingerprint density at radius 2 is 1.70 bits per heavy atom. The molecule has 3 rings (SSSR count). The molecule has 1 amide bonds. The summed E-state index contributed by atoms with van der Waals surface area (Å²) in [4.78, 5) is 26.2. The van der Waals surface area contributed by atoms with Crippen molar-refractivity contribution in [2.24, 2.45) is 0 Å². The Bertz CT molecular complexity index is 879. The Balaban J connectivity index is 0.000000479. The fourth-order valence-electron chi connectivity index (χ4n) is 3.34. The number of furan rings is 1. The van der Waals surface area contributed by atoms with Gasteiger partial charge in [-0.15, -0.1) is 0 Å². The van der Waals surface area contributed by atoms with Crippen LogP contribution in [0.5, 0.6) is 0 Å². The molecule has 1 aromatic heterocycles. The normalized spacial score (nSPS) is 15.9. The minimum Gasteiger partial charge on any atom is -0.475 e. The van der Waals surface area contributed by atoms with Crippen molar-refractivity contribution in [2.75, 3.05) is 33.2 Å². The lowest BCUT2D eigenvalue weighted by molar-refractivity contribution is -0.192. The van der Waals surface area contributed by atoms with E-state index < -0.39 is 12.1 Å². The van der Waals surface area contributed by atoms with Gasteiger partial charge in [-0.2, -0.15) is 13.2 Å². The molecule has 1 aromatic carbocycles. The lowest BCUT2D eigenvalue weighted by atomic mass is 10.0. The first-order valence-electron chi connectivity index (χ1n) is 10.8. The number of nitrogens with one attached hydrogen (secondary N) is 1. The first-order chi connectivity index (χ1) is 15.6. The third-order valence-electron chi connectivity index (χ3n) is 5.19. The van der Waals surface area contributed by atoms with Crippen LogP contribution in [0.1, 0.15) is 47.7 Å². The summed E-state index contributed by atoms with van der Waals surface area (Å²) in [6.07, 6.45) is -3.17. The zero-order chi connectivity index (χ0) is 24.4. The molecule has 1 aliphatic rings. The first-order valence-corrected chi connectivity index (χ1v) is 10.8. The van der Waals surface area contributed by atoms with E-state index in [0.29, 0.717) is 5.76 Å². The molecular weight excluding hydrogens is 439 g/mol. The van der Waals surface area contributed by atoms with Crippen molar-refractivity contribution in [3.8, 4) is 0 Å². The fourth-order valence-corrected chi connectivity index (χ4v) is 3.34. The van der Waals surface area contributed by atoms with Crippen molar-refractivity contribution in [1.29, 1.82) is 0 Å². The number of amides is 1. The van der Waals surface area contributed by atoms with Gasteiger partial charge in [0.15, 0.2) is 5.76 Å². The molecule has 0 aliphatic carbocycles. The Hall–Kier alpha value is -2.85. The van der Waals surface area contributed by atoms with Gasteiger partial charge in [-0.3, -0.25) is 9.69 Å². The smallest absolute Gasteiger partial charge is 0.475 e. The number of benzene rings is 1. The van der Waals surface area contributed by atoms with Gasteiger partial charge in [-0.25, -0.2) is 4.79 Å². The van der Waals surface area contributed by atoms with Crippen LogP contribution >= 0.6 is 0 Å². The molecule has 1 saturated heterocycles. The largest absolute Gasteiger partial charge is 0.490 e. The highest BCUT2D eigenvalue weighted by Crippen LogP contribution is 2.20. The highest BCUT2D eigenvalue weighted by molar-refractivity contribution is 5.91. The Labute approximate surface area is 191 Å². The van der Waals surface area contributed by atoms with E-state index in [9.17, 15) is 18.0 Å². The van der Waals surface area contributed by atoms with Gasteiger partial charge < -0.3 is 19.7 Å². The molecule has 2 N–H and O–H groups in total. The second-order valence-corrected chi connectivity index (χ2v) is 7.87. The Morgan fingerprint density at radius 1 is 1.09 bits per heavy atom. The number of rotatable bonds is 7. The van der Waals surface area contributed by atoms with Gasteiger partial charge in [0.2, 0.25) is 0 Å². The number of nitrogens with zero attached hydrogens (tertiary/aromatic N) is 2. The molecule has 2 heterocycles. The molecule has 2 aromatic rings. The lowest BCUT2D eigenvalue weighted by Crippen LogP contribution is -2.43. The molecule has 1 fully saturated rings. The molecule has 33 heavy (non-hydrogen) atoms. The van der Waals surface area contributed by atoms with Crippen LogP contribution in [-0.2, 0) is 11.3 Å². The van der Waals surface area contributed by atoms with E-state index in [1.807, 2.05) is 24.3 Å². The number of carboxylic acid groups (broad SMARTS) is 1. The third kappa shape index (κ3) is 8.89. The molecule has 1 aliphatic heterocycles. The number of piperazine rings is 1. The quantitative estimate of drug-likeness (QED) is 0.639. The van der Waals surface area contributed by atoms with Crippen LogP contribution in [0, 0.1) is 0 Å². The maximum Gasteiger partial charge on any atom is 0.490 e. The number of aliphatic carboxylic acids is 1. The van der Waals surface area contributed by atoms with E-state index in [4.69, 9.17) is 14.3 Å². The van der Waals surface area contributed by atoms with Crippen molar-refractivity contribution < 1.29 is 32.3 Å². The topological polar surface area (TPSA) is 86.0 Å². The fraction of sp³-hybridized carbons (Fsp3) is 0.478. The molecule has 1 unspecified atom stereocenters. The molecule has 0 saturated carbocycles. The molecule has 10 heteroatoms. The average molecular weight is 470 g/mol. The summed E-state index contributed by atoms with van der Waals surface area (Å²) < 4.78 is 37.6. The van der Waals surface area contributed by atoms with Crippen molar-refractivity contribution >= 4 is 11.9 Å². The number of carbonyl (C=O) groups excluding carboxylic acids is 1. The Morgan fingerprint density at radius 3 is 2.24 bits per heavy atom. The summed E-state index contributed by atoms with van der Waals surface area (Å²) in [6.45, 7) is 7.10. The highest BCUT2D eigenvalue weighted by atomic mass is 19.4. The van der Waals surface area contributed by atoms with E-state index in [1.165, 1.54) is 0 Å². The van der Waals surface area contributed by atoms with Crippen LogP contribution in [0.2, 0.25) is 0 Å². The number of likely N-dealkylation sites (N-methyl/N-ethyl adjacent to an activating group) is 1. The second kappa shape index (κ2) is 12.4. The van der Waals surface area contributed by atoms with Crippen LogP contribution in [-0.4, -0.2) is 66.2 Å². The number of hydrogen-bond donors (Lipinski definition) is 2. The van der Waals surface area contributed by atoms with E-state index >= 15 is 0 Å². The number of carbonyl (C=O) groups is 2. The van der Waals surface area contributed by atoms with Gasteiger partial charge >= 0.3 is 12.1 Å². The molecule has 0 bridgehead atoms. The van der Waals surface area contributed by atoms with Crippen molar-refractivity contribution in [1.82, 2.24) is 15.1 Å². The average Bonchev–Trinajstić information content (AvgIpc) is 3.24. The van der Waals surface area contributed by atoms with Crippen molar-refractivity contribution in [3.63, 3.8) is 0 Å². The van der Waals surface area contributed by atoms with Gasteiger partial charge in [-0.05, 0) is 31.2 Å². The summed E-state index contributed by atoms with van der Waals surface area (Å²) in [7, 11) is 2.14. The minimum absolute atomic E-state index is 0.0138. The molecule has 1 atom stereocenters. The van der Waals surface area contributed by atoms with Crippen LogP contribution in [0.3, 0.4) is 0 Å². The van der Waals surface area contributed by atoms with Gasteiger partial charge in [0.1, 0.15) is 5.76 Å². The summed E-state index contributed by atoms with van der Waals surface area (Å²) in [6, 6.07) is 13.8. The minimum atomic E-state index is -5.08. The zero-order valence-electron chi connectivity index (χ0n) is 18.8. The predicted molar refractivity (Wildman–Crippen MR) is 117 cm³/mol. The van der Waals surface area contributed by atoms with Crippen LogP contribution in [0.25, 0.3) is 0 Å². The molecule has 0 spiro atoms. The maximum absolute atomic E-state index is 12.6. The zero-order valence-corrected chi connectivity index (χ0v) is 18.8. The molecule has 0 radical (unpaired) electrons. The predicted octanol–water partition coefficient (Wildman–Crippen LogP) is 3.93. The van der Waals surface area contributed by atoms with Crippen LogP contribution < -0.4 is 5.32 Å². The summed E-state index contributed by atoms with van der Waals surface area (Å²) in [5, 5.41) is 10.2. The van der Waals surface area contributed by atoms with Crippen LogP contribution in [0.15, 0.2) is 46.9 Å². The number of alkyl halides is 3. The van der Waals surface area contributed by atoms with Crippen molar-refractivity contribution in [2.45, 2.75) is 38.5 Å². The monoisotopic (exact) mass is 469 g/mol. The summed E-state index contributed by atoms with van der Waals surface area (Å²) in [5.41, 5.74) is 1.13. The van der Waals surface area contributed by atoms with Gasteiger partial charge in [0, 0.05) is 26.2 Å². The maximum atomic E-state index is 12.6. The lowest BCUT2D eigenvalue weighted by Gasteiger charge is -2.31. The second-order valence-electron chi connectivity index (χ2n) is 7.87. The van der Waals surface area contributed by atoms with Crippen LogP contribution in [0.4, 0.5) is 13.2 Å². The standard InChI is InChI=1S/C21H29N3O2.C2HF3O2/c1-3-7-19(17-8-5-4-6-9-17)22-21(25)20-11-10-18(26-20)16-24-14-12-23(2)13-15-24;3-2(4,5)1(6)7/h4-6,8-11,19H,3,7,12-16H2,1-2H3,(H,22,25);(H,6,7). The molecular formula is C23H30F3N3O4. The van der Waals surface area contributed by atoms with Crippen molar-refractivity contribution in [3.05, 3.63) is 59.5 Å². The number of halogens is 3. The van der Waals surface area contributed by atoms with Gasteiger partial charge in [-0.1, -0.05) is 43.7 Å². The third-order valence-corrected chi connectivity index (χ3v) is 5.19. The number of hydrogen-bond acceptors (Lipinski definition) is 5. The Kier molecular flexibility index (Phi) is 9.93. The van der Waals surface area contributed by atoms with Gasteiger partial charge in [0.05, 0.1) is 12.6 Å². The van der Waals surface area contributed by atoms with E-state index in [1.54, 1.807) is 6.07 Å². The van der Waals surface area contributed by atoms with Gasteiger partial charge in [0.25, 0.3) is 5.91 Å². The molecule has 182 valence electrons. The molecule has 7 nitrogen and oxygen atoms in total. The van der Waals surface area contributed by atoms with E-state index in [0.717, 1.165) is 56.9 Å². The summed E-state index contributed by atoms with van der Waals surface area (Å²) in [5.74, 6) is -1.65. The first kappa shape index (κ1) is 26.4. The van der Waals surface area contributed by atoms with E-state index in [-0.39, 0.29) is 11.9 Å².